The van der Waals surface area contributed by atoms with E-state index in [1.54, 1.807) is 12.3 Å². The maximum atomic E-state index is 12.1. The van der Waals surface area contributed by atoms with E-state index in [1.807, 2.05) is 6.92 Å². The van der Waals surface area contributed by atoms with Gasteiger partial charge in [-0.3, -0.25) is 4.79 Å². The van der Waals surface area contributed by atoms with Crippen molar-refractivity contribution in [3.05, 3.63) is 45.9 Å². The lowest BCUT2D eigenvalue weighted by Crippen LogP contribution is -2.24. The van der Waals surface area contributed by atoms with Gasteiger partial charge in [-0.1, -0.05) is 12.1 Å². The number of aromatic nitrogens is 1. The Morgan fingerprint density at radius 3 is 2.82 bits per heavy atom. The molecule has 8 heteroatoms. The summed E-state index contributed by atoms with van der Waals surface area (Å²) < 4.78 is 40.2. The molecule has 4 nitrogen and oxygen atoms in total. The highest BCUT2D eigenvalue weighted by Crippen LogP contribution is 2.23. The smallest absolute Gasteiger partial charge is 0.406 e. The number of ether oxygens (including phenoxy) is 1. The number of nitrogens with one attached hydrogen (secondary N) is 1. The molecule has 22 heavy (non-hydrogen) atoms. The van der Waals surface area contributed by atoms with Crippen molar-refractivity contribution in [2.24, 2.45) is 0 Å². The Morgan fingerprint density at radius 2 is 2.18 bits per heavy atom. The van der Waals surface area contributed by atoms with Crippen molar-refractivity contribution < 1.29 is 22.7 Å². The fourth-order valence-corrected chi connectivity index (χ4v) is 2.51. The summed E-state index contributed by atoms with van der Waals surface area (Å²) in [5, 5.41) is 3.60. The molecule has 0 spiro atoms. The largest absolute Gasteiger partial charge is 0.573 e. The first-order valence-corrected chi connectivity index (χ1v) is 7.16. The molecule has 1 N–H and O–H groups in total. The van der Waals surface area contributed by atoms with Crippen LogP contribution in [0.15, 0.2) is 30.5 Å². The summed E-state index contributed by atoms with van der Waals surface area (Å²) in [5.74, 6) is -0.619. The van der Waals surface area contributed by atoms with Gasteiger partial charge in [0, 0.05) is 11.1 Å². The van der Waals surface area contributed by atoms with Crippen LogP contribution in [-0.2, 0) is 17.8 Å². The van der Waals surface area contributed by atoms with Gasteiger partial charge in [0.1, 0.15) is 5.75 Å². The molecule has 1 aromatic heterocycles. The average molecular weight is 330 g/mol. The standard InChI is InChI=1S/C14H13F3N2O2S/c1-9-18-7-12(22-9)8-19-13(20)6-10-3-2-4-11(5-10)21-14(15,16)17/h2-5,7H,6,8H2,1H3,(H,19,20). The number of aryl methyl sites for hydroxylation is 1. The Morgan fingerprint density at radius 1 is 1.41 bits per heavy atom. The average Bonchev–Trinajstić information content (AvgIpc) is 2.81. The molecule has 1 aromatic carbocycles. The van der Waals surface area contributed by atoms with Crippen LogP contribution in [0.25, 0.3) is 0 Å². The molecule has 0 radical (unpaired) electrons. The highest BCUT2D eigenvalue weighted by Gasteiger charge is 2.31. The number of hydrogen-bond acceptors (Lipinski definition) is 4. The molecule has 2 rings (SSSR count). The van der Waals surface area contributed by atoms with Gasteiger partial charge in [0.15, 0.2) is 0 Å². The van der Waals surface area contributed by atoms with Crippen molar-refractivity contribution >= 4 is 17.2 Å². The molecule has 0 aliphatic rings. The van der Waals surface area contributed by atoms with E-state index in [2.05, 4.69) is 15.0 Å². The first-order chi connectivity index (χ1) is 10.3. The fraction of sp³-hybridized carbons (Fsp3) is 0.286. The van der Waals surface area contributed by atoms with Crippen LogP contribution >= 0.6 is 11.3 Å². The Labute approximate surface area is 128 Å². The summed E-state index contributed by atoms with van der Waals surface area (Å²) in [6, 6.07) is 5.37. The van der Waals surface area contributed by atoms with Gasteiger partial charge in [-0.05, 0) is 24.6 Å². The minimum atomic E-state index is -4.75. The fourth-order valence-electron chi connectivity index (χ4n) is 1.77. The van der Waals surface area contributed by atoms with Crippen molar-refractivity contribution in [3.63, 3.8) is 0 Å². The molecule has 0 fully saturated rings. The second-order valence-electron chi connectivity index (χ2n) is 4.49. The third kappa shape index (κ3) is 5.36. The number of alkyl halides is 3. The number of halogens is 3. The van der Waals surface area contributed by atoms with Gasteiger partial charge in [0.05, 0.1) is 18.0 Å². The summed E-state index contributed by atoms with van der Waals surface area (Å²) in [6.45, 7) is 2.21. The second kappa shape index (κ2) is 6.78. The van der Waals surface area contributed by atoms with Crippen LogP contribution < -0.4 is 10.1 Å². The van der Waals surface area contributed by atoms with Crippen LogP contribution in [0.5, 0.6) is 5.75 Å². The van der Waals surface area contributed by atoms with Crippen LogP contribution in [-0.4, -0.2) is 17.3 Å². The van der Waals surface area contributed by atoms with Gasteiger partial charge in [-0.15, -0.1) is 24.5 Å². The molecular weight excluding hydrogens is 317 g/mol. The molecular formula is C14H13F3N2O2S. The highest BCUT2D eigenvalue weighted by atomic mass is 32.1. The Bertz CT molecular complexity index is 656. The maximum Gasteiger partial charge on any atom is 0.573 e. The molecule has 118 valence electrons. The number of carbonyl (C=O) groups excluding carboxylic acids is 1. The molecule has 1 heterocycles. The van der Waals surface area contributed by atoms with Crippen molar-refractivity contribution in [3.8, 4) is 5.75 Å². The quantitative estimate of drug-likeness (QED) is 0.916. The van der Waals surface area contributed by atoms with Gasteiger partial charge in [0.25, 0.3) is 0 Å². The Balaban J connectivity index is 1.89. The van der Waals surface area contributed by atoms with Crippen molar-refractivity contribution in [2.45, 2.75) is 26.3 Å². The van der Waals surface area contributed by atoms with E-state index in [-0.39, 0.29) is 18.1 Å². The highest BCUT2D eigenvalue weighted by molar-refractivity contribution is 7.11. The summed E-state index contributed by atoms with van der Waals surface area (Å²) >= 11 is 1.47. The topological polar surface area (TPSA) is 51.2 Å². The van der Waals surface area contributed by atoms with Gasteiger partial charge < -0.3 is 10.1 Å². The van der Waals surface area contributed by atoms with E-state index in [9.17, 15) is 18.0 Å². The summed E-state index contributed by atoms with van der Waals surface area (Å²) in [5.41, 5.74) is 0.444. The monoisotopic (exact) mass is 330 g/mol. The molecule has 0 atom stereocenters. The summed E-state index contributed by atoms with van der Waals surface area (Å²) in [6.07, 6.45) is -3.09. The predicted octanol–water partition coefficient (Wildman–Crippen LogP) is 3.21. The van der Waals surface area contributed by atoms with E-state index in [0.717, 1.165) is 9.88 Å². The number of thiazole rings is 1. The number of amides is 1. The zero-order valence-corrected chi connectivity index (χ0v) is 12.4. The lowest BCUT2D eigenvalue weighted by atomic mass is 10.1. The van der Waals surface area contributed by atoms with Crippen LogP contribution in [0.2, 0.25) is 0 Å². The first kappa shape index (κ1) is 16.3. The molecule has 0 unspecified atom stereocenters. The lowest BCUT2D eigenvalue weighted by molar-refractivity contribution is -0.274. The maximum absolute atomic E-state index is 12.1. The van der Waals surface area contributed by atoms with Crippen molar-refractivity contribution in [1.82, 2.24) is 10.3 Å². The normalized spacial score (nSPS) is 11.3. The summed E-state index contributed by atoms with van der Waals surface area (Å²) in [7, 11) is 0. The third-order valence-electron chi connectivity index (χ3n) is 2.63. The first-order valence-electron chi connectivity index (χ1n) is 6.34. The zero-order valence-electron chi connectivity index (χ0n) is 11.6. The number of carbonyl (C=O) groups is 1. The molecule has 0 aliphatic heterocycles. The van der Waals surface area contributed by atoms with Gasteiger partial charge in [-0.25, -0.2) is 4.98 Å². The van der Waals surface area contributed by atoms with Crippen molar-refractivity contribution in [1.29, 1.82) is 0 Å². The molecule has 2 aromatic rings. The van der Waals surface area contributed by atoms with Crippen LogP contribution in [0.3, 0.4) is 0 Å². The van der Waals surface area contributed by atoms with Crippen LogP contribution in [0.1, 0.15) is 15.4 Å². The van der Waals surface area contributed by atoms with E-state index in [1.165, 1.54) is 29.5 Å². The second-order valence-corrected chi connectivity index (χ2v) is 5.81. The van der Waals surface area contributed by atoms with E-state index < -0.39 is 6.36 Å². The summed E-state index contributed by atoms with van der Waals surface area (Å²) in [4.78, 5) is 16.8. The van der Waals surface area contributed by atoms with Crippen LogP contribution in [0.4, 0.5) is 13.2 Å². The van der Waals surface area contributed by atoms with E-state index in [4.69, 9.17) is 0 Å². The van der Waals surface area contributed by atoms with Gasteiger partial charge >= 0.3 is 6.36 Å². The number of hydrogen-bond donors (Lipinski definition) is 1. The zero-order chi connectivity index (χ0) is 16.2. The molecule has 1 amide bonds. The third-order valence-corrected chi connectivity index (χ3v) is 3.54. The predicted molar refractivity (Wildman–Crippen MR) is 75.5 cm³/mol. The molecule has 0 saturated heterocycles. The Kier molecular flexibility index (Phi) is 5.02. The molecule has 0 bridgehead atoms. The minimum Gasteiger partial charge on any atom is -0.406 e. The number of rotatable bonds is 5. The number of nitrogens with zero attached hydrogens (tertiary/aromatic N) is 1. The van der Waals surface area contributed by atoms with Gasteiger partial charge in [0.2, 0.25) is 5.91 Å². The Hall–Kier alpha value is -2.09. The van der Waals surface area contributed by atoms with E-state index >= 15 is 0 Å². The SMILES string of the molecule is Cc1ncc(CNC(=O)Cc2cccc(OC(F)(F)F)c2)s1. The molecule has 0 aliphatic carbocycles. The minimum absolute atomic E-state index is 0.0210. The van der Waals surface area contributed by atoms with Gasteiger partial charge in [-0.2, -0.15) is 0 Å². The van der Waals surface area contributed by atoms with E-state index in [0.29, 0.717) is 12.1 Å². The van der Waals surface area contributed by atoms with Crippen molar-refractivity contribution in [2.75, 3.05) is 0 Å². The molecule has 0 saturated carbocycles. The lowest BCUT2D eigenvalue weighted by Gasteiger charge is -2.10. The van der Waals surface area contributed by atoms with Crippen LogP contribution in [0, 0.1) is 6.92 Å². The number of benzene rings is 1.